The molecule has 3 nitrogen and oxygen atoms in total. The summed E-state index contributed by atoms with van der Waals surface area (Å²) >= 11 is 0. The SMILES string of the molecule is CCCOc1ccc(N2CCC(N)CC2)cc1. The molecular weight excluding hydrogens is 212 g/mol. The predicted molar refractivity (Wildman–Crippen MR) is 71.7 cm³/mol. The van der Waals surface area contributed by atoms with E-state index in [9.17, 15) is 0 Å². The number of nitrogens with two attached hydrogens (primary N) is 1. The first-order chi connectivity index (χ1) is 8.29. The van der Waals surface area contributed by atoms with Gasteiger partial charge in [0, 0.05) is 24.8 Å². The van der Waals surface area contributed by atoms with Crippen molar-refractivity contribution < 1.29 is 4.74 Å². The monoisotopic (exact) mass is 234 g/mol. The van der Waals surface area contributed by atoms with Crippen LogP contribution in [0.1, 0.15) is 26.2 Å². The van der Waals surface area contributed by atoms with Crippen molar-refractivity contribution in [1.29, 1.82) is 0 Å². The number of rotatable bonds is 4. The fourth-order valence-electron chi connectivity index (χ4n) is 2.13. The predicted octanol–water partition coefficient (Wildman–Crippen LogP) is 2.40. The van der Waals surface area contributed by atoms with Crippen molar-refractivity contribution in [2.45, 2.75) is 32.2 Å². The van der Waals surface area contributed by atoms with Gasteiger partial charge in [0.15, 0.2) is 0 Å². The molecule has 0 bridgehead atoms. The summed E-state index contributed by atoms with van der Waals surface area (Å²) in [5, 5.41) is 0. The zero-order valence-electron chi connectivity index (χ0n) is 10.6. The van der Waals surface area contributed by atoms with Gasteiger partial charge in [-0.2, -0.15) is 0 Å². The first-order valence-corrected chi connectivity index (χ1v) is 6.53. The average Bonchev–Trinajstić information content (AvgIpc) is 2.38. The van der Waals surface area contributed by atoms with Crippen molar-refractivity contribution in [3.05, 3.63) is 24.3 Å². The molecule has 2 N–H and O–H groups in total. The summed E-state index contributed by atoms with van der Waals surface area (Å²) in [6.07, 6.45) is 3.23. The summed E-state index contributed by atoms with van der Waals surface area (Å²) in [6.45, 7) is 5.04. The lowest BCUT2D eigenvalue weighted by Crippen LogP contribution is -2.39. The van der Waals surface area contributed by atoms with E-state index in [0.29, 0.717) is 6.04 Å². The van der Waals surface area contributed by atoms with Crippen LogP contribution in [-0.2, 0) is 0 Å². The molecule has 0 radical (unpaired) electrons. The molecule has 0 aliphatic carbocycles. The minimum Gasteiger partial charge on any atom is -0.494 e. The van der Waals surface area contributed by atoms with Crippen LogP contribution < -0.4 is 15.4 Å². The molecule has 0 spiro atoms. The van der Waals surface area contributed by atoms with E-state index in [-0.39, 0.29) is 0 Å². The van der Waals surface area contributed by atoms with Gasteiger partial charge >= 0.3 is 0 Å². The van der Waals surface area contributed by atoms with E-state index in [1.807, 2.05) is 0 Å². The fourth-order valence-corrected chi connectivity index (χ4v) is 2.13. The smallest absolute Gasteiger partial charge is 0.119 e. The van der Waals surface area contributed by atoms with E-state index in [2.05, 4.69) is 36.1 Å². The van der Waals surface area contributed by atoms with Gasteiger partial charge in [0.25, 0.3) is 0 Å². The third-order valence-corrected chi connectivity index (χ3v) is 3.21. The van der Waals surface area contributed by atoms with Gasteiger partial charge in [-0.15, -0.1) is 0 Å². The molecule has 2 rings (SSSR count). The molecule has 1 aromatic rings. The highest BCUT2D eigenvalue weighted by Crippen LogP contribution is 2.22. The molecule has 3 heteroatoms. The molecule has 1 aliphatic heterocycles. The van der Waals surface area contributed by atoms with Crippen LogP contribution in [0.3, 0.4) is 0 Å². The lowest BCUT2D eigenvalue weighted by molar-refractivity contribution is 0.317. The maximum atomic E-state index is 5.91. The molecule has 1 aliphatic rings. The number of hydrogen-bond donors (Lipinski definition) is 1. The van der Waals surface area contributed by atoms with Crippen LogP contribution in [0.4, 0.5) is 5.69 Å². The lowest BCUT2D eigenvalue weighted by atomic mass is 10.1. The van der Waals surface area contributed by atoms with E-state index in [0.717, 1.165) is 44.7 Å². The molecule has 0 amide bonds. The molecule has 1 saturated heterocycles. The Morgan fingerprint density at radius 1 is 1.24 bits per heavy atom. The topological polar surface area (TPSA) is 38.5 Å². The van der Waals surface area contributed by atoms with Crippen LogP contribution in [0.5, 0.6) is 5.75 Å². The first-order valence-electron chi connectivity index (χ1n) is 6.53. The summed E-state index contributed by atoms with van der Waals surface area (Å²) < 4.78 is 5.58. The molecule has 17 heavy (non-hydrogen) atoms. The van der Waals surface area contributed by atoms with Gasteiger partial charge in [-0.05, 0) is 43.5 Å². The molecular formula is C14H22N2O. The Labute approximate surface area is 104 Å². The van der Waals surface area contributed by atoms with Crippen molar-refractivity contribution in [3.63, 3.8) is 0 Å². The highest BCUT2D eigenvalue weighted by atomic mass is 16.5. The van der Waals surface area contributed by atoms with Crippen molar-refractivity contribution >= 4 is 5.69 Å². The Kier molecular flexibility index (Phi) is 4.26. The zero-order chi connectivity index (χ0) is 12.1. The molecule has 1 fully saturated rings. The molecule has 0 atom stereocenters. The lowest BCUT2D eigenvalue weighted by Gasteiger charge is -2.32. The minimum absolute atomic E-state index is 0.387. The van der Waals surface area contributed by atoms with Crippen LogP contribution >= 0.6 is 0 Å². The molecule has 0 unspecified atom stereocenters. The van der Waals surface area contributed by atoms with Gasteiger partial charge < -0.3 is 15.4 Å². The van der Waals surface area contributed by atoms with Crippen LogP contribution in [-0.4, -0.2) is 25.7 Å². The normalized spacial score (nSPS) is 17.2. The van der Waals surface area contributed by atoms with Crippen LogP contribution in [0.15, 0.2) is 24.3 Å². The molecule has 0 saturated carbocycles. The minimum atomic E-state index is 0.387. The fraction of sp³-hybridized carbons (Fsp3) is 0.571. The third kappa shape index (κ3) is 3.37. The second-order valence-electron chi connectivity index (χ2n) is 4.67. The first kappa shape index (κ1) is 12.2. The third-order valence-electron chi connectivity index (χ3n) is 3.21. The van der Waals surface area contributed by atoms with Gasteiger partial charge in [0.05, 0.1) is 6.61 Å². The highest BCUT2D eigenvalue weighted by Gasteiger charge is 2.15. The molecule has 1 heterocycles. The summed E-state index contributed by atoms with van der Waals surface area (Å²) in [5.74, 6) is 0.962. The van der Waals surface area contributed by atoms with Gasteiger partial charge in [0.2, 0.25) is 0 Å². The molecule has 0 aromatic heterocycles. The zero-order valence-corrected chi connectivity index (χ0v) is 10.6. The molecule has 94 valence electrons. The van der Waals surface area contributed by atoms with E-state index >= 15 is 0 Å². The Morgan fingerprint density at radius 2 is 1.88 bits per heavy atom. The Morgan fingerprint density at radius 3 is 2.47 bits per heavy atom. The van der Waals surface area contributed by atoms with Gasteiger partial charge in [-0.1, -0.05) is 6.92 Å². The highest BCUT2D eigenvalue weighted by molar-refractivity contribution is 5.49. The number of piperidine rings is 1. The van der Waals surface area contributed by atoms with Crippen LogP contribution in [0, 0.1) is 0 Å². The Hall–Kier alpha value is -1.22. The number of nitrogens with zero attached hydrogens (tertiary/aromatic N) is 1. The maximum Gasteiger partial charge on any atom is 0.119 e. The summed E-state index contributed by atoms with van der Waals surface area (Å²) in [5.41, 5.74) is 7.19. The van der Waals surface area contributed by atoms with E-state index in [4.69, 9.17) is 10.5 Å². The second kappa shape index (κ2) is 5.92. The van der Waals surface area contributed by atoms with Crippen molar-refractivity contribution in [2.24, 2.45) is 5.73 Å². The van der Waals surface area contributed by atoms with Gasteiger partial charge in [-0.25, -0.2) is 0 Å². The van der Waals surface area contributed by atoms with Gasteiger partial charge in [0.1, 0.15) is 5.75 Å². The number of anilines is 1. The Bertz CT molecular complexity index is 329. The van der Waals surface area contributed by atoms with Crippen LogP contribution in [0.25, 0.3) is 0 Å². The summed E-state index contributed by atoms with van der Waals surface area (Å²) in [7, 11) is 0. The van der Waals surface area contributed by atoms with Crippen molar-refractivity contribution in [3.8, 4) is 5.75 Å². The van der Waals surface area contributed by atoms with Crippen LogP contribution in [0.2, 0.25) is 0 Å². The van der Waals surface area contributed by atoms with Crippen molar-refractivity contribution in [2.75, 3.05) is 24.6 Å². The second-order valence-corrected chi connectivity index (χ2v) is 4.67. The number of ether oxygens (including phenoxy) is 1. The van der Waals surface area contributed by atoms with E-state index in [1.54, 1.807) is 0 Å². The van der Waals surface area contributed by atoms with Crippen molar-refractivity contribution in [1.82, 2.24) is 0 Å². The average molecular weight is 234 g/mol. The summed E-state index contributed by atoms with van der Waals surface area (Å²) in [6, 6.07) is 8.78. The largest absolute Gasteiger partial charge is 0.494 e. The van der Waals surface area contributed by atoms with E-state index in [1.165, 1.54) is 5.69 Å². The Balaban J connectivity index is 1.93. The standard InChI is InChI=1S/C14H22N2O/c1-2-11-17-14-5-3-13(4-6-14)16-9-7-12(15)8-10-16/h3-6,12H,2,7-11,15H2,1H3. The van der Waals surface area contributed by atoms with Gasteiger partial charge in [-0.3, -0.25) is 0 Å². The number of hydrogen-bond acceptors (Lipinski definition) is 3. The molecule has 1 aromatic carbocycles. The quantitative estimate of drug-likeness (QED) is 0.869. The maximum absolute atomic E-state index is 5.91. The number of benzene rings is 1. The van der Waals surface area contributed by atoms with E-state index < -0.39 is 0 Å². The summed E-state index contributed by atoms with van der Waals surface area (Å²) in [4.78, 5) is 2.40.